The van der Waals surface area contributed by atoms with Crippen molar-refractivity contribution < 1.29 is 4.42 Å². The van der Waals surface area contributed by atoms with Crippen LogP contribution in [0.15, 0.2) is 52.9 Å². The summed E-state index contributed by atoms with van der Waals surface area (Å²) in [4.78, 5) is 2.34. The number of rotatable bonds is 3. The Morgan fingerprint density at radius 1 is 1.12 bits per heavy atom. The number of halogens is 1. The van der Waals surface area contributed by atoms with Gasteiger partial charge in [0, 0.05) is 22.8 Å². The molecule has 0 bridgehead atoms. The Hall–Kier alpha value is -2.33. The van der Waals surface area contributed by atoms with E-state index in [-0.39, 0.29) is 6.04 Å². The molecule has 0 spiro atoms. The van der Waals surface area contributed by atoms with Gasteiger partial charge in [-0.2, -0.15) is 0 Å². The monoisotopic (exact) mass is 339 g/mol. The highest BCUT2D eigenvalue weighted by atomic mass is 35.5. The Labute approximate surface area is 146 Å². The molecular formula is C19H18ClN3O. The number of aromatic nitrogens is 2. The van der Waals surface area contributed by atoms with Crippen molar-refractivity contribution in [2.24, 2.45) is 0 Å². The lowest BCUT2D eigenvalue weighted by molar-refractivity contribution is 0.449. The Morgan fingerprint density at radius 2 is 2.00 bits per heavy atom. The zero-order valence-corrected chi connectivity index (χ0v) is 14.2. The molecule has 0 amide bonds. The van der Waals surface area contributed by atoms with Crippen LogP contribution in [0.5, 0.6) is 0 Å². The summed E-state index contributed by atoms with van der Waals surface area (Å²) < 4.78 is 5.93. The minimum atomic E-state index is 0.0342. The molecule has 3 aromatic rings. The first-order valence-corrected chi connectivity index (χ1v) is 8.54. The summed E-state index contributed by atoms with van der Waals surface area (Å²) in [6.07, 6.45) is 2.26. The number of aryl methyl sites for hydroxylation is 1. The Morgan fingerprint density at radius 3 is 2.88 bits per heavy atom. The van der Waals surface area contributed by atoms with Gasteiger partial charge in [-0.3, -0.25) is 0 Å². The van der Waals surface area contributed by atoms with Crippen molar-refractivity contribution >= 4 is 17.3 Å². The smallest absolute Gasteiger partial charge is 0.247 e. The molecule has 5 heteroatoms. The second kappa shape index (κ2) is 6.29. The van der Waals surface area contributed by atoms with Gasteiger partial charge in [-0.15, -0.1) is 10.2 Å². The van der Waals surface area contributed by atoms with Crippen LogP contribution in [0.4, 0.5) is 5.69 Å². The van der Waals surface area contributed by atoms with E-state index in [2.05, 4.69) is 46.3 Å². The van der Waals surface area contributed by atoms with Gasteiger partial charge in [0.05, 0.1) is 0 Å². The Bertz CT molecular complexity index is 861. The largest absolute Gasteiger partial charge is 0.418 e. The molecule has 1 atom stereocenters. The van der Waals surface area contributed by atoms with Crippen LogP contribution in [-0.4, -0.2) is 16.7 Å². The third-order valence-corrected chi connectivity index (χ3v) is 4.72. The van der Waals surface area contributed by atoms with E-state index in [1.165, 1.54) is 11.3 Å². The molecule has 2 heterocycles. The van der Waals surface area contributed by atoms with Gasteiger partial charge in [-0.25, -0.2) is 0 Å². The van der Waals surface area contributed by atoms with Crippen molar-refractivity contribution in [3.05, 3.63) is 65.0 Å². The molecule has 0 saturated heterocycles. The number of para-hydroxylation sites is 1. The van der Waals surface area contributed by atoms with Crippen LogP contribution in [-0.2, 0) is 6.42 Å². The van der Waals surface area contributed by atoms with E-state index in [0.29, 0.717) is 16.8 Å². The summed E-state index contributed by atoms with van der Waals surface area (Å²) in [5.41, 5.74) is 3.48. The average Bonchev–Trinajstić information content (AvgIpc) is 3.11. The normalized spacial score (nSPS) is 15.2. The zero-order valence-electron chi connectivity index (χ0n) is 13.4. The van der Waals surface area contributed by atoms with Crippen molar-refractivity contribution in [2.75, 3.05) is 11.4 Å². The SMILES string of the molecule is C[C@@H](c1nnc(-c2cccc(Cl)c2)o1)N1CCCc2ccccc21. The summed E-state index contributed by atoms with van der Waals surface area (Å²) in [5, 5.41) is 9.12. The number of fused-ring (bicyclic) bond motifs is 1. The molecule has 0 radical (unpaired) electrons. The minimum absolute atomic E-state index is 0.0342. The molecule has 4 rings (SSSR count). The summed E-state index contributed by atoms with van der Waals surface area (Å²) >= 11 is 6.04. The van der Waals surface area contributed by atoms with Crippen molar-refractivity contribution in [1.82, 2.24) is 10.2 Å². The third-order valence-electron chi connectivity index (χ3n) is 4.48. The standard InChI is InChI=1S/C19H18ClN3O/c1-13(23-11-5-8-14-6-2-3-10-17(14)23)18-21-22-19(24-18)15-7-4-9-16(20)12-15/h2-4,6-7,9-10,12-13H,5,8,11H2,1H3/t13-/m0/s1. The average molecular weight is 340 g/mol. The van der Waals surface area contributed by atoms with Crippen molar-refractivity contribution in [3.63, 3.8) is 0 Å². The van der Waals surface area contributed by atoms with E-state index < -0.39 is 0 Å². The lowest BCUT2D eigenvalue weighted by Crippen LogP contribution is -2.32. The van der Waals surface area contributed by atoms with Gasteiger partial charge in [-0.1, -0.05) is 35.9 Å². The molecule has 0 saturated carbocycles. The van der Waals surface area contributed by atoms with E-state index in [0.717, 1.165) is 24.9 Å². The fourth-order valence-corrected chi connectivity index (χ4v) is 3.43. The van der Waals surface area contributed by atoms with Crippen molar-refractivity contribution in [1.29, 1.82) is 0 Å². The maximum absolute atomic E-state index is 6.04. The fraction of sp³-hybridized carbons (Fsp3) is 0.263. The number of nitrogens with zero attached hydrogens (tertiary/aromatic N) is 3. The van der Waals surface area contributed by atoms with E-state index in [1.54, 1.807) is 0 Å². The molecule has 0 unspecified atom stereocenters. The second-order valence-corrected chi connectivity index (χ2v) is 6.49. The van der Waals surface area contributed by atoms with E-state index in [9.17, 15) is 0 Å². The summed E-state index contributed by atoms with van der Waals surface area (Å²) in [5.74, 6) is 1.13. The van der Waals surface area contributed by atoms with Crippen LogP contribution in [0.25, 0.3) is 11.5 Å². The molecule has 122 valence electrons. The molecular weight excluding hydrogens is 322 g/mol. The lowest BCUT2D eigenvalue weighted by Gasteiger charge is -2.34. The predicted octanol–water partition coefficient (Wildman–Crippen LogP) is 4.90. The van der Waals surface area contributed by atoms with Gasteiger partial charge in [-0.05, 0) is 49.6 Å². The zero-order chi connectivity index (χ0) is 16.5. The van der Waals surface area contributed by atoms with E-state index in [1.807, 2.05) is 24.3 Å². The highest BCUT2D eigenvalue weighted by Gasteiger charge is 2.26. The first-order chi connectivity index (χ1) is 11.7. The Kier molecular flexibility index (Phi) is 3.98. The van der Waals surface area contributed by atoms with Gasteiger partial charge in [0.15, 0.2) is 0 Å². The molecule has 4 nitrogen and oxygen atoms in total. The van der Waals surface area contributed by atoms with Gasteiger partial charge >= 0.3 is 0 Å². The molecule has 0 N–H and O–H groups in total. The molecule has 1 aliphatic heterocycles. The topological polar surface area (TPSA) is 42.2 Å². The van der Waals surface area contributed by atoms with Crippen LogP contribution >= 0.6 is 11.6 Å². The van der Waals surface area contributed by atoms with Crippen molar-refractivity contribution in [3.8, 4) is 11.5 Å². The van der Waals surface area contributed by atoms with Gasteiger partial charge in [0.1, 0.15) is 6.04 Å². The van der Waals surface area contributed by atoms with Crippen LogP contribution in [0.2, 0.25) is 5.02 Å². The highest BCUT2D eigenvalue weighted by molar-refractivity contribution is 6.30. The molecule has 0 aliphatic carbocycles. The second-order valence-electron chi connectivity index (χ2n) is 6.06. The van der Waals surface area contributed by atoms with E-state index in [4.69, 9.17) is 16.0 Å². The van der Waals surface area contributed by atoms with Crippen molar-refractivity contribution in [2.45, 2.75) is 25.8 Å². The van der Waals surface area contributed by atoms with Crippen LogP contribution in [0.1, 0.15) is 30.8 Å². The Balaban J connectivity index is 1.63. The minimum Gasteiger partial charge on any atom is -0.418 e. The molecule has 1 aromatic heterocycles. The third kappa shape index (κ3) is 2.78. The van der Waals surface area contributed by atoms with Gasteiger partial charge in [0.25, 0.3) is 0 Å². The predicted molar refractivity (Wildman–Crippen MR) is 95.3 cm³/mol. The number of anilines is 1. The number of benzene rings is 2. The van der Waals surface area contributed by atoms with Crippen LogP contribution < -0.4 is 4.90 Å². The summed E-state index contributed by atoms with van der Waals surface area (Å²) in [7, 11) is 0. The molecule has 1 aliphatic rings. The first-order valence-electron chi connectivity index (χ1n) is 8.16. The summed E-state index contributed by atoms with van der Waals surface area (Å²) in [6, 6.07) is 16.0. The van der Waals surface area contributed by atoms with Gasteiger partial charge in [0.2, 0.25) is 11.8 Å². The summed E-state index contributed by atoms with van der Waals surface area (Å²) in [6.45, 7) is 3.10. The van der Waals surface area contributed by atoms with Gasteiger partial charge < -0.3 is 9.32 Å². The maximum atomic E-state index is 6.04. The number of hydrogen-bond acceptors (Lipinski definition) is 4. The first kappa shape index (κ1) is 15.2. The fourth-order valence-electron chi connectivity index (χ4n) is 3.24. The maximum Gasteiger partial charge on any atom is 0.247 e. The molecule has 0 fully saturated rings. The van der Waals surface area contributed by atoms with Crippen LogP contribution in [0, 0.1) is 0 Å². The van der Waals surface area contributed by atoms with E-state index >= 15 is 0 Å². The number of hydrogen-bond donors (Lipinski definition) is 0. The molecule has 2 aromatic carbocycles. The van der Waals surface area contributed by atoms with Crippen LogP contribution in [0.3, 0.4) is 0 Å². The highest BCUT2D eigenvalue weighted by Crippen LogP contribution is 2.34. The lowest BCUT2D eigenvalue weighted by atomic mass is 10.0. The molecule has 24 heavy (non-hydrogen) atoms. The quantitative estimate of drug-likeness (QED) is 0.680.